The standard InChI is InChI=1S/C13H19N3O2S3/c1-4-10-7-15-13(19-10)9(3)16-21(17,18)12-5-8(2)11(6-14)20-12/h5,7,9,16H,4,6,14H2,1-3H3. The van der Waals surface area contributed by atoms with Gasteiger partial charge < -0.3 is 5.73 Å². The number of sulfonamides is 1. The Morgan fingerprint density at radius 2 is 2.14 bits per heavy atom. The summed E-state index contributed by atoms with van der Waals surface area (Å²) in [5, 5.41) is 0.780. The Labute approximate surface area is 133 Å². The molecule has 0 fully saturated rings. The van der Waals surface area contributed by atoms with Gasteiger partial charge in [-0.1, -0.05) is 6.92 Å². The van der Waals surface area contributed by atoms with E-state index >= 15 is 0 Å². The van der Waals surface area contributed by atoms with Gasteiger partial charge >= 0.3 is 0 Å². The molecule has 1 atom stereocenters. The number of thiophene rings is 1. The molecule has 0 amide bonds. The molecule has 1 unspecified atom stereocenters. The van der Waals surface area contributed by atoms with E-state index in [1.807, 2.05) is 6.92 Å². The number of nitrogens with two attached hydrogens (primary N) is 1. The van der Waals surface area contributed by atoms with Crippen LogP contribution < -0.4 is 10.5 Å². The van der Waals surface area contributed by atoms with Crippen molar-refractivity contribution in [2.45, 2.75) is 44.0 Å². The van der Waals surface area contributed by atoms with Gasteiger partial charge in [-0.15, -0.1) is 22.7 Å². The minimum absolute atomic E-state index is 0.305. The molecule has 3 N–H and O–H groups in total. The molecule has 0 spiro atoms. The monoisotopic (exact) mass is 345 g/mol. The average molecular weight is 346 g/mol. The molecule has 5 nitrogen and oxygen atoms in total. The Morgan fingerprint density at radius 1 is 1.43 bits per heavy atom. The van der Waals surface area contributed by atoms with Crippen molar-refractivity contribution >= 4 is 32.7 Å². The van der Waals surface area contributed by atoms with Gasteiger partial charge in [0.25, 0.3) is 10.0 Å². The first-order valence-corrected chi connectivity index (χ1v) is 9.75. The molecule has 0 radical (unpaired) electrons. The molecule has 116 valence electrons. The molecule has 2 heterocycles. The van der Waals surface area contributed by atoms with Crippen molar-refractivity contribution in [3.8, 4) is 0 Å². The van der Waals surface area contributed by atoms with E-state index in [0.717, 1.165) is 26.7 Å². The summed E-state index contributed by atoms with van der Waals surface area (Å²) in [6, 6.07) is 1.32. The highest BCUT2D eigenvalue weighted by atomic mass is 32.2. The van der Waals surface area contributed by atoms with Crippen molar-refractivity contribution in [3.63, 3.8) is 0 Å². The Balaban J connectivity index is 2.19. The summed E-state index contributed by atoms with van der Waals surface area (Å²) in [5.74, 6) is 0. The number of aryl methyl sites for hydroxylation is 2. The lowest BCUT2D eigenvalue weighted by molar-refractivity contribution is 0.568. The number of rotatable bonds is 6. The summed E-state index contributed by atoms with van der Waals surface area (Å²) in [7, 11) is -3.54. The van der Waals surface area contributed by atoms with E-state index in [0.29, 0.717) is 10.8 Å². The average Bonchev–Trinajstić information content (AvgIpc) is 3.04. The van der Waals surface area contributed by atoms with Crippen molar-refractivity contribution < 1.29 is 8.42 Å². The van der Waals surface area contributed by atoms with Crippen molar-refractivity contribution in [1.82, 2.24) is 9.71 Å². The molecule has 0 aromatic carbocycles. The Hall–Kier alpha value is -0.800. The Morgan fingerprint density at radius 3 is 2.67 bits per heavy atom. The van der Waals surface area contributed by atoms with Crippen LogP contribution in [-0.2, 0) is 23.0 Å². The second-order valence-electron chi connectivity index (χ2n) is 4.74. The van der Waals surface area contributed by atoms with E-state index in [1.165, 1.54) is 22.7 Å². The van der Waals surface area contributed by atoms with Gasteiger partial charge in [-0.25, -0.2) is 18.1 Å². The molecule has 2 aromatic heterocycles. The summed E-state index contributed by atoms with van der Waals surface area (Å²) >= 11 is 2.76. The largest absolute Gasteiger partial charge is 0.326 e. The van der Waals surface area contributed by atoms with Crippen LogP contribution in [-0.4, -0.2) is 13.4 Å². The molecule has 0 saturated heterocycles. The highest BCUT2D eigenvalue weighted by molar-refractivity contribution is 7.91. The first-order chi connectivity index (χ1) is 9.87. The molecule has 2 aromatic rings. The third-order valence-corrected chi connectivity index (χ3v) is 7.67. The van der Waals surface area contributed by atoms with E-state index in [9.17, 15) is 8.42 Å². The molecular formula is C13H19N3O2S3. The van der Waals surface area contributed by atoms with Gasteiger partial charge in [-0.3, -0.25) is 0 Å². The van der Waals surface area contributed by atoms with Crippen LogP contribution in [0.4, 0.5) is 0 Å². The van der Waals surface area contributed by atoms with Gasteiger partial charge in [0.15, 0.2) is 0 Å². The minimum Gasteiger partial charge on any atom is -0.326 e. The van der Waals surface area contributed by atoms with Crippen LogP contribution in [0.2, 0.25) is 0 Å². The molecule has 0 aliphatic heterocycles. The fourth-order valence-corrected chi connectivity index (χ4v) is 5.48. The highest BCUT2D eigenvalue weighted by Crippen LogP contribution is 2.28. The van der Waals surface area contributed by atoms with Crippen LogP contribution in [0.5, 0.6) is 0 Å². The van der Waals surface area contributed by atoms with Gasteiger partial charge in [0, 0.05) is 22.5 Å². The summed E-state index contributed by atoms with van der Waals surface area (Å²) < 4.78 is 27.8. The number of thiazole rings is 1. The summed E-state index contributed by atoms with van der Waals surface area (Å²) in [5.41, 5.74) is 6.52. The van der Waals surface area contributed by atoms with Crippen molar-refractivity contribution in [2.75, 3.05) is 0 Å². The smallest absolute Gasteiger partial charge is 0.250 e. The molecule has 2 rings (SSSR count). The molecule has 0 saturated carbocycles. The lowest BCUT2D eigenvalue weighted by Crippen LogP contribution is -2.26. The second kappa shape index (κ2) is 6.53. The number of hydrogen-bond acceptors (Lipinski definition) is 6. The van der Waals surface area contributed by atoms with Crippen LogP contribution in [0.1, 0.15) is 40.2 Å². The normalized spacial score (nSPS) is 13.5. The van der Waals surface area contributed by atoms with Crippen LogP contribution in [0, 0.1) is 6.92 Å². The maximum absolute atomic E-state index is 12.4. The van der Waals surface area contributed by atoms with Crippen molar-refractivity contribution in [2.24, 2.45) is 5.73 Å². The Kier molecular flexibility index (Phi) is 5.15. The van der Waals surface area contributed by atoms with Gasteiger partial charge in [0.1, 0.15) is 9.22 Å². The molecule has 21 heavy (non-hydrogen) atoms. The van der Waals surface area contributed by atoms with Gasteiger partial charge in [0.05, 0.1) is 6.04 Å². The first-order valence-electron chi connectivity index (χ1n) is 6.63. The third kappa shape index (κ3) is 3.70. The fraction of sp³-hybridized carbons (Fsp3) is 0.462. The maximum Gasteiger partial charge on any atom is 0.250 e. The van der Waals surface area contributed by atoms with Crippen molar-refractivity contribution in [1.29, 1.82) is 0 Å². The molecule has 0 aliphatic carbocycles. The van der Waals surface area contributed by atoms with Crippen LogP contribution in [0.25, 0.3) is 0 Å². The predicted octanol–water partition coefficient (Wildman–Crippen LogP) is 2.57. The third-order valence-electron chi connectivity index (χ3n) is 3.07. The van der Waals surface area contributed by atoms with Gasteiger partial charge in [-0.05, 0) is 31.9 Å². The zero-order chi connectivity index (χ0) is 15.6. The molecule has 0 aliphatic rings. The first kappa shape index (κ1) is 16.6. The molecule has 8 heteroatoms. The van der Waals surface area contributed by atoms with Crippen LogP contribution in [0.3, 0.4) is 0 Å². The van der Waals surface area contributed by atoms with E-state index in [1.54, 1.807) is 19.2 Å². The van der Waals surface area contributed by atoms with E-state index < -0.39 is 10.0 Å². The lowest BCUT2D eigenvalue weighted by Gasteiger charge is -2.10. The number of nitrogens with one attached hydrogen (secondary N) is 1. The summed E-state index contributed by atoms with van der Waals surface area (Å²) in [4.78, 5) is 6.32. The Bertz CT molecular complexity index is 719. The maximum atomic E-state index is 12.4. The fourth-order valence-electron chi connectivity index (χ4n) is 1.85. The number of aromatic nitrogens is 1. The number of nitrogens with zero attached hydrogens (tertiary/aromatic N) is 1. The van der Waals surface area contributed by atoms with Gasteiger partial charge in [-0.2, -0.15) is 0 Å². The summed E-state index contributed by atoms with van der Waals surface area (Å²) in [6.45, 7) is 6.08. The van der Waals surface area contributed by atoms with E-state index in [-0.39, 0.29) is 6.04 Å². The van der Waals surface area contributed by atoms with Gasteiger partial charge in [0.2, 0.25) is 0 Å². The SMILES string of the molecule is CCc1cnc(C(C)NS(=O)(=O)c2cc(C)c(CN)s2)s1. The van der Waals surface area contributed by atoms with Crippen LogP contribution in [0.15, 0.2) is 16.5 Å². The van der Waals surface area contributed by atoms with E-state index in [4.69, 9.17) is 5.73 Å². The second-order valence-corrected chi connectivity index (χ2v) is 8.96. The highest BCUT2D eigenvalue weighted by Gasteiger charge is 2.23. The van der Waals surface area contributed by atoms with Crippen LogP contribution >= 0.6 is 22.7 Å². The van der Waals surface area contributed by atoms with Crippen molar-refractivity contribution in [3.05, 3.63) is 32.6 Å². The number of hydrogen-bond donors (Lipinski definition) is 2. The lowest BCUT2D eigenvalue weighted by atomic mass is 10.3. The zero-order valence-corrected chi connectivity index (χ0v) is 14.7. The zero-order valence-electron chi connectivity index (χ0n) is 12.2. The topological polar surface area (TPSA) is 85.1 Å². The summed E-state index contributed by atoms with van der Waals surface area (Å²) in [6.07, 6.45) is 2.70. The predicted molar refractivity (Wildman–Crippen MR) is 87.2 cm³/mol. The molecule has 0 bridgehead atoms. The minimum atomic E-state index is -3.54. The quantitative estimate of drug-likeness (QED) is 0.842. The molecular weight excluding hydrogens is 326 g/mol. The van der Waals surface area contributed by atoms with E-state index in [2.05, 4.69) is 16.6 Å².